The topological polar surface area (TPSA) is 0 Å². The van der Waals surface area contributed by atoms with Crippen molar-refractivity contribution in [2.24, 2.45) is 0 Å². The van der Waals surface area contributed by atoms with Crippen LogP contribution in [0.15, 0.2) is 24.3 Å². The van der Waals surface area contributed by atoms with Gasteiger partial charge in [0.2, 0.25) is 0 Å². The van der Waals surface area contributed by atoms with E-state index in [2.05, 4.69) is 33.0 Å². The van der Waals surface area contributed by atoms with Crippen LogP contribution in [0.2, 0.25) is 14.8 Å². The van der Waals surface area contributed by atoms with Crippen LogP contribution in [0, 0.1) is 6.90 Å². The summed E-state index contributed by atoms with van der Waals surface area (Å²) < 4.78 is 8.90. The van der Waals surface area contributed by atoms with E-state index in [9.17, 15) is 0 Å². The van der Waals surface area contributed by atoms with Gasteiger partial charge in [0.1, 0.15) is 0 Å². The summed E-state index contributed by atoms with van der Waals surface area (Å²) in [6.07, 6.45) is 0. The van der Waals surface area contributed by atoms with Crippen molar-refractivity contribution in [3.05, 3.63) is 29.8 Å². The average Bonchev–Trinajstić information content (AvgIpc) is 2.03. The molecule has 1 aromatic carbocycles. The standard InChI is InChI=1S/C7H7.3CH3.Sn/c1-7-5-3-2-4-6-7;;;;/h2-5H,1H3;3*1H3;/i1D;;;;. The zero-order valence-corrected chi connectivity index (χ0v) is 10.4. The van der Waals surface area contributed by atoms with Crippen LogP contribution in [0.25, 0.3) is 0 Å². The zero-order chi connectivity index (χ0) is 9.19. The van der Waals surface area contributed by atoms with Crippen molar-refractivity contribution in [2.45, 2.75) is 21.7 Å². The summed E-state index contributed by atoms with van der Waals surface area (Å²) in [5.41, 5.74) is 1.24. The molecule has 0 aliphatic heterocycles. The van der Waals surface area contributed by atoms with Gasteiger partial charge in [-0.05, 0) is 0 Å². The molecule has 0 unspecified atom stereocenters. The fourth-order valence-electron chi connectivity index (χ4n) is 1.25. The zero-order valence-electron chi connectivity index (χ0n) is 8.52. The van der Waals surface area contributed by atoms with E-state index in [1.165, 1.54) is 9.14 Å². The maximum atomic E-state index is 7.40. The predicted molar refractivity (Wildman–Crippen MR) is 54.2 cm³/mol. The summed E-state index contributed by atoms with van der Waals surface area (Å²) in [7, 11) is 0. The summed E-state index contributed by atoms with van der Waals surface area (Å²) >= 11 is -1.93. The van der Waals surface area contributed by atoms with Crippen molar-refractivity contribution in [1.82, 2.24) is 0 Å². The number of hydrogen-bond acceptors (Lipinski definition) is 0. The molecule has 0 N–H and O–H groups in total. The Morgan fingerprint density at radius 2 is 1.82 bits per heavy atom. The third kappa shape index (κ3) is 2.22. The Kier molecular flexibility index (Phi) is 2.21. The third-order valence-corrected chi connectivity index (χ3v) is 7.83. The molecule has 0 saturated heterocycles. The quantitative estimate of drug-likeness (QED) is 0.677. The van der Waals surface area contributed by atoms with Crippen LogP contribution in [-0.2, 0) is 0 Å². The molecular weight excluding hydrogens is 239 g/mol. The van der Waals surface area contributed by atoms with Crippen molar-refractivity contribution in [3.8, 4) is 0 Å². The molecular formula is C10H16Sn. The van der Waals surface area contributed by atoms with Crippen molar-refractivity contribution in [3.63, 3.8) is 0 Å². The van der Waals surface area contributed by atoms with Gasteiger partial charge in [-0.25, -0.2) is 0 Å². The Morgan fingerprint density at radius 3 is 2.27 bits per heavy atom. The molecule has 0 fully saturated rings. The normalized spacial score (nSPS) is 12.8. The molecule has 11 heavy (non-hydrogen) atoms. The summed E-state index contributed by atoms with van der Waals surface area (Å²) in [5.74, 6) is 0. The van der Waals surface area contributed by atoms with Gasteiger partial charge in [-0.3, -0.25) is 0 Å². The van der Waals surface area contributed by atoms with Gasteiger partial charge in [-0.2, -0.15) is 0 Å². The second kappa shape index (κ2) is 3.18. The van der Waals surface area contributed by atoms with Crippen molar-refractivity contribution < 1.29 is 1.37 Å². The molecule has 60 valence electrons. The fourth-order valence-corrected chi connectivity index (χ4v) is 5.94. The third-order valence-electron chi connectivity index (χ3n) is 1.83. The van der Waals surface area contributed by atoms with Crippen LogP contribution in [0.1, 0.15) is 6.93 Å². The number of rotatable bonds is 1. The molecule has 0 spiro atoms. The molecule has 0 aromatic heterocycles. The Hall–Kier alpha value is 0.0187. The van der Waals surface area contributed by atoms with Crippen molar-refractivity contribution in [1.29, 1.82) is 0 Å². The molecule has 1 rings (SSSR count). The molecule has 0 nitrogen and oxygen atoms in total. The molecule has 0 amide bonds. The molecule has 0 aliphatic carbocycles. The van der Waals surface area contributed by atoms with Crippen LogP contribution in [0.4, 0.5) is 0 Å². The summed E-state index contributed by atoms with van der Waals surface area (Å²) in [6, 6.07) is 8.42. The molecule has 1 heteroatoms. The van der Waals surface area contributed by atoms with E-state index in [-0.39, 0.29) is 0 Å². The monoisotopic (exact) mass is 257 g/mol. The minimum atomic E-state index is -1.93. The van der Waals surface area contributed by atoms with Crippen molar-refractivity contribution in [2.75, 3.05) is 0 Å². The van der Waals surface area contributed by atoms with Gasteiger partial charge >= 0.3 is 74.9 Å². The van der Waals surface area contributed by atoms with Gasteiger partial charge < -0.3 is 0 Å². The maximum absolute atomic E-state index is 7.40. The predicted octanol–water partition coefficient (Wildman–Crippen LogP) is 2.54. The second-order valence-electron chi connectivity index (χ2n) is 3.91. The molecule has 0 radical (unpaired) electrons. The molecule has 0 atom stereocenters. The van der Waals surface area contributed by atoms with Crippen LogP contribution < -0.4 is 3.58 Å². The number of hydrogen-bond donors (Lipinski definition) is 0. The van der Waals surface area contributed by atoms with Gasteiger partial charge in [0.15, 0.2) is 0 Å². The number of aryl methyl sites for hydroxylation is 1. The van der Waals surface area contributed by atoms with Crippen LogP contribution in [0.3, 0.4) is 0 Å². The van der Waals surface area contributed by atoms with Crippen LogP contribution in [-0.4, -0.2) is 18.4 Å². The minimum absolute atomic E-state index is 0.435. The molecule has 0 bridgehead atoms. The van der Waals surface area contributed by atoms with Gasteiger partial charge in [0, 0.05) is 0 Å². The van der Waals surface area contributed by atoms with Gasteiger partial charge in [0.25, 0.3) is 0 Å². The first-order valence-corrected chi connectivity index (χ1v) is 13.9. The number of benzene rings is 1. The van der Waals surface area contributed by atoms with E-state index in [4.69, 9.17) is 1.37 Å². The Balaban J connectivity index is 3.14. The fraction of sp³-hybridized carbons (Fsp3) is 0.400. The Morgan fingerprint density at radius 1 is 1.18 bits per heavy atom. The average molecular weight is 256 g/mol. The summed E-state index contributed by atoms with van der Waals surface area (Å²) in [5, 5.41) is 0. The molecule has 0 saturated carbocycles. The first-order chi connectivity index (χ1) is 5.55. The molecule has 1 aromatic rings. The van der Waals surface area contributed by atoms with E-state index < -0.39 is 18.4 Å². The van der Waals surface area contributed by atoms with Gasteiger partial charge in [0.05, 0.1) is 0 Å². The van der Waals surface area contributed by atoms with E-state index in [0.717, 1.165) is 0 Å². The van der Waals surface area contributed by atoms with Crippen LogP contribution >= 0.6 is 0 Å². The van der Waals surface area contributed by atoms with Crippen molar-refractivity contribution >= 4 is 22.0 Å². The van der Waals surface area contributed by atoms with E-state index in [0.29, 0.717) is 6.90 Å². The molecule has 0 aliphatic rings. The SMILES string of the molecule is [2H]Cc1cccc[c]1[Sn]([CH3])([CH3])[CH3]. The van der Waals surface area contributed by atoms with E-state index in [1.807, 2.05) is 6.07 Å². The Labute approximate surface area is 74.9 Å². The first-order valence-electron chi connectivity index (χ1n) is 4.64. The Bertz CT molecular complexity index is 263. The second-order valence-corrected chi connectivity index (χ2v) is 18.3. The van der Waals surface area contributed by atoms with Gasteiger partial charge in [-0.15, -0.1) is 0 Å². The van der Waals surface area contributed by atoms with Crippen LogP contribution in [0.5, 0.6) is 0 Å². The van der Waals surface area contributed by atoms with Gasteiger partial charge in [-0.1, -0.05) is 0 Å². The molecule has 0 heterocycles. The summed E-state index contributed by atoms with van der Waals surface area (Å²) in [6.45, 7) is 0.435. The first kappa shape index (κ1) is 7.66. The van der Waals surface area contributed by atoms with E-state index >= 15 is 0 Å². The summed E-state index contributed by atoms with van der Waals surface area (Å²) in [4.78, 5) is 7.18. The van der Waals surface area contributed by atoms with E-state index in [1.54, 1.807) is 0 Å².